The van der Waals surface area contributed by atoms with Gasteiger partial charge in [-0.05, 0) is 42.2 Å². The summed E-state index contributed by atoms with van der Waals surface area (Å²) in [5.74, 6) is 0.132. The van der Waals surface area contributed by atoms with Gasteiger partial charge in [-0.25, -0.2) is 0 Å². The number of fused-ring (bicyclic) bond motifs is 3. The molecule has 2 heterocycles. The normalized spacial score (nSPS) is 20.0. The third-order valence-electron chi connectivity index (χ3n) is 6.64. The Kier molecular flexibility index (Phi) is 5.61. The van der Waals surface area contributed by atoms with Gasteiger partial charge in [0, 0.05) is 37.6 Å². The van der Waals surface area contributed by atoms with Crippen molar-refractivity contribution in [3.8, 4) is 0 Å². The van der Waals surface area contributed by atoms with Crippen LogP contribution >= 0.6 is 0 Å². The molecule has 5 rings (SSSR count). The Morgan fingerprint density at radius 2 is 1.58 bits per heavy atom. The van der Waals surface area contributed by atoms with Gasteiger partial charge in [0.05, 0.1) is 12.0 Å². The number of hydrogen-bond acceptors (Lipinski definition) is 3. The van der Waals surface area contributed by atoms with Crippen LogP contribution < -0.4 is 15.1 Å². The summed E-state index contributed by atoms with van der Waals surface area (Å²) in [5, 5.41) is 3.24. The summed E-state index contributed by atoms with van der Waals surface area (Å²) in [5.41, 5.74) is 5.08. The highest BCUT2D eigenvalue weighted by molar-refractivity contribution is 5.82. The van der Waals surface area contributed by atoms with Crippen molar-refractivity contribution in [1.29, 1.82) is 0 Å². The minimum absolute atomic E-state index is 0.0443. The van der Waals surface area contributed by atoms with Crippen molar-refractivity contribution in [3.63, 3.8) is 0 Å². The molecular formula is C27H29N3O. The average Bonchev–Trinajstić information content (AvgIpc) is 2.84. The first-order valence-corrected chi connectivity index (χ1v) is 11.3. The van der Waals surface area contributed by atoms with E-state index in [0.29, 0.717) is 6.54 Å². The van der Waals surface area contributed by atoms with Crippen molar-refractivity contribution in [2.75, 3.05) is 36.0 Å². The predicted molar refractivity (Wildman–Crippen MR) is 127 cm³/mol. The molecule has 0 radical (unpaired) electrons. The molecule has 0 spiro atoms. The molecule has 1 N–H and O–H groups in total. The van der Waals surface area contributed by atoms with Crippen LogP contribution in [0.2, 0.25) is 0 Å². The minimum atomic E-state index is -0.0443. The van der Waals surface area contributed by atoms with E-state index >= 15 is 0 Å². The summed E-state index contributed by atoms with van der Waals surface area (Å²) >= 11 is 0. The van der Waals surface area contributed by atoms with Gasteiger partial charge in [0.25, 0.3) is 0 Å². The SMILES string of the molecule is O=C(NCCc1ccccc1)[C@@H]1Cc2ccccc2N2CCN(c3ccccc3)C[C@H]12. The van der Waals surface area contributed by atoms with Crippen molar-refractivity contribution < 1.29 is 4.79 Å². The predicted octanol–water partition coefficient (Wildman–Crippen LogP) is 3.91. The van der Waals surface area contributed by atoms with E-state index in [0.717, 1.165) is 32.5 Å². The van der Waals surface area contributed by atoms with Crippen LogP contribution in [0.1, 0.15) is 11.1 Å². The summed E-state index contributed by atoms with van der Waals surface area (Å²) < 4.78 is 0. The summed E-state index contributed by atoms with van der Waals surface area (Å²) in [6.45, 7) is 3.45. The maximum atomic E-state index is 13.3. The molecule has 158 valence electrons. The highest BCUT2D eigenvalue weighted by atomic mass is 16.1. The van der Waals surface area contributed by atoms with E-state index < -0.39 is 0 Å². The Morgan fingerprint density at radius 1 is 0.871 bits per heavy atom. The summed E-state index contributed by atoms with van der Waals surface area (Å²) in [6.07, 6.45) is 1.66. The van der Waals surface area contributed by atoms with Gasteiger partial charge in [-0.3, -0.25) is 4.79 Å². The Labute approximate surface area is 184 Å². The first-order chi connectivity index (χ1) is 15.3. The average molecular weight is 412 g/mol. The van der Waals surface area contributed by atoms with Gasteiger partial charge < -0.3 is 15.1 Å². The minimum Gasteiger partial charge on any atom is -0.368 e. The standard InChI is InChI=1S/C27H29N3O/c31-27(28-16-15-21-9-3-1-4-10-21)24-19-22-11-7-8-14-25(22)30-18-17-29(20-26(24)30)23-12-5-2-6-13-23/h1-14,24,26H,15-20H2,(H,28,31)/t24-,26-/m1/s1. The molecule has 0 saturated carbocycles. The molecule has 0 bridgehead atoms. The number of carbonyl (C=O) groups is 1. The van der Waals surface area contributed by atoms with E-state index in [9.17, 15) is 4.79 Å². The zero-order valence-corrected chi connectivity index (χ0v) is 17.8. The first-order valence-electron chi connectivity index (χ1n) is 11.3. The fraction of sp³-hybridized carbons (Fsp3) is 0.296. The Balaban J connectivity index is 1.34. The quantitative estimate of drug-likeness (QED) is 0.691. The molecule has 1 fully saturated rings. The lowest BCUT2D eigenvalue weighted by atomic mass is 9.83. The molecule has 4 heteroatoms. The Morgan fingerprint density at radius 3 is 2.39 bits per heavy atom. The third-order valence-corrected chi connectivity index (χ3v) is 6.64. The van der Waals surface area contributed by atoms with Crippen LogP contribution in [0.3, 0.4) is 0 Å². The number of benzene rings is 3. The fourth-order valence-corrected chi connectivity index (χ4v) is 5.04. The molecule has 0 aliphatic carbocycles. The van der Waals surface area contributed by atoms with Gasteiger partial charge in [0.1, 0.15) is 0 Å². The second kappa shape index (κ2) is 8.84. The zero-order valence-electron chi connectivity index (χ0n) is 17.8. The van der Waals surface area contributed by atoms with Crippen LogP contribution in [-0.4, -0.2) is 38.1 Å². The molecule has 3 aromatic carbocycles. The van der Waals surface area contributed by atoms with Crippen LogP contribution in [0, 0.1) is 5.92 Å². The number of anilines is 2. The number of carbonyl (C=O) groups excluding carboxylic acids is 1. The first kappa shape index (κ1) is 19.7. The molecule has 2 atom stereocenters. The van der Waals surface area contributed by atoms with Crippen molar-refractivity contribution in [2.45, 2.75) is 18.9 Å². The second-order valence-electron chi connectivity index (χ2n) is 8.51. The largest absolute Gasteiger partial charge is 0.368 e. The molecule has 2 aliphatic rings. The van der Waals surface area contributed by atoms with Gasteiger partial charge >= 0.3 is 0 Å². The van der Waals surface area contributed by atoms with Gasteiger partial charge in [-0.15, -0.1) is 0 Å². The van der Waals surface area contributed by atoms with Gasteiger partial charge in [0.15, 0.2) is 0 Å². The second-order valence-corrected chi connectivity index (χ2v) is 8.51. The molecule has 3 aromatic rings. The van der Waals surface area contributed by atoms with Gasteiger partial charge in [-0.1, -0.05) is 66.7 Å². The van der Waals surface area contributed by atoms with Crippen LogP contribution in [-0.2, 0) is 17.6 Å². The van der Waals surface area contributed by atoms with Crippen LogP contribution in [0.15, 0.2) is 84.9 Å². The molecule has 31 heavy (non-hydrogen) atoms. The van der Waals surface area contributed by atoms with Gasteiger partial charge in [0.2, 0.25) is 5.91 Å². The molecule has 0 unspecified atom stereocenters. The van der Waals surface area contributed by atoms with Crippen molar-refractivity contribution in [2.24, 2.45) is 5.92 Å². The molecule has 1 saturated heterocycles. The van der Waals surface area contributed by atoms with Gasteiger partial charge in [-0.2, -0.15) is 0 Å². The fourth-order valence-electron chi connectivity index (χ4n) is 5.04. The molecule has 4 nitrogen and oxygen atoms in total. The van der Waals surface area contributed by atoms with Crippen LogP contribution in [0.25, 0.3) is 0 Å². The topological polar surface area (TPSA) is 35.6 Å². The maximum absolute atomic E-state index is 13.3. The Hall–Kier alpha value is -3.27. The summed E-state index contributed by atoms with van der Waals surface area (Å²) in [4.78, 5) is 18.2. The highest BCUT2D eigenvalue weighted by Crippen LogP contribution is 2.36. The summed E-state index contributed by atoms with van der Waals surface area (Å²) in [7, 11) is 0. The van der Waals surface area contributed by atoms with Crippen molar-refractivity contribution >= 4 is 17.3 Å². The van der Waals surface area contributed by atoms with Crippen LogP contribution in [0.4, 0.5) is 11.4 Å². The highest BCUT2D eigenvalue weighted by Gasteiger charge is 2.41. The monoisotopic (exact) mass is 411 g/mol. The smallest absolute Gasteiger partial charge is 0.225 e. The molecule has 0 aromatic heterocycles. The van der Waals surface area contributed by atoms with E-state index in [-0.39, 0.29) is 17.9 Å². The lowest BCUT2D eigenvalue weighted by Gasteiger charge is -2.49. The number of piperazine rings is 1. The Bertz CT molecular complexity index is 1020. The number of amides is 1. The zero-order chi connectivity index (χ0) is 21.0. The van der Waals surface area contributed by atoms with Crippen molar-refractivity contribution in [3.05, 3.63) is 96.1 Å². The van der Waals surface area contributed by atoms with E-state index in [1.165, 1.54) is 22.5 Å². The number of rotatable bonds is 5. The lowest BCUT2D eigenvalue weighted by Crippen LogP contribution is -2.61. The molecule has 2 aliphatic heterocycles. The molecule has 1 amide bonds. The summed E-state index contributed by atoms with van der Waals surface area (Å²) in [6, 6.07) is 29.7. The molecular weight excluding hydrogens is 382 g/mol. The number of para-hydroxylation sites is 2. The van der Waals surface area contributed by atoms with E-state index in [2.05, 4.69) is 81.8 Å². The van der Waals surface area contributed by atoms with Crippen LogP contribution in [0.5, 0.6) is 0 Å². The van der Waals surface area contributed by atoms with Crippen molar-refractivity contribution in [1.82, 2.24) is 5.32 Å². The van der Waals surface area contributed by atoms with E-state index in [1.54, 1.807) is 0 Å². The number of nitrogens with zero attached hydrogens (tertiary/aromatic N) is 2. The third kappa shape index (κ3) is 4.15. The maximum Gasteiger partial charge on any atom is 0.225 e. The number of nitrogens with one attached hydrogen (secondary N) is 1. The van der Waals surface area contributed by atoms with E-state index in [4.69, 9.17) is 0 Å². The number of hydrogen-bond donors (Lipinski definition) is 1. The lowest BCUT2D eigenvalue weighted by molar-refractivity contribution is -0.125. The van der Waals surface area contributed by atoms with E-state index in [1.807, 2.05) is 18.2 Å².